The Morgan fingerprint density at radius 3 is 2.52 bits per heavy atom. The first-order valence-corrected chi connectivity index (χ1v) is 7.55. The number of carbonyl (C=O) groups excluding carboxylic acids is 1. The molecule has 27 heavy (non-hydrogen) atoms. The first-order valence-electron chi connectivity index (χ1n) is 7.55. The van der Waals surface area contributed by atoms with Crippen LogP contribution in [0.1, 0.15) is 30.9 Å². The van der Waals surface area contributed by atoms with Crippen LogP contribution in [-0.4, -0.2) is 12.6 Å². The molecule has 1 atom stereocenters. The molecule has 1 heterocycles. The second kappa shape index (κ2) is 7.26. The van der Waals surface area contributed by atoms with Gasteiger partial charge in [-0.1, -0.05) is 0 Å². The quantitative estimate of drug-likeness (QED) is 0.631. The van der Waals surface area contributed by atoms with E-state index in [1.54, 1.807) is 0 Å². The van der Waals surface area contributed by atoms with Crippen LogP contribution in [0.4, 0.5) is 22.0 Å². The Balaban J connectivity index is 2.84. The fourth-order valence-electron chi connectivity index (χ4n) is 2.70. The molecule has 0 aliphatic carbocycles. The Morgan fingerprint density at radius 1 is 1.37 bits per heavy atom. The number of allylic oxidation sites excluding steroid dienone is 2. The summed E-state index contributed by atoms with van der Waals surface area (Å²) in [6.07, 6.45) is -5.12. The van der Waals surface area contributed by atoms with Gasteiger partial charge in [0, 0.05) is 5.56 Å². The molecule has 0 radical (unpaired) electrons. The number of hydrogen-bond acceptors (Lipinski definition) is 5. The zero-order valence-electron chi connectivity index (χ0n) is 14.1. The van der Waals surface area contributed by atoms with Gasteiger partial charge in [-0.05, 0) is 26.0 Å². The lowest BCUT2D eigenvalue weighted by atomic mass is 9.81. The van der Waals surface area contributed by atoms with Crippen molar-refractivity contribution in [2.45, 2.75) is 25.9 Å². The van der Waals surface area contributed by atoms with Crippen LogP contribution < -0.4 is 5.73 Å². The number of benzene rings is 1. The molecule has 0 fully saturated rings. The average molecular weight is 388 g/mol. The normalized spacial score (nSPS) is 17.5. The van der Waals surface area contributed by atoms with Crippen molar-refractivity contribution in [3.63, 3.8) is 0 Å². The third kappa shape index (κ3) is 3.58. The number of nitrogens with two attached hydrogens (primary N) is 1. The summed E-state index contributed by atoms with van der Waals surface area (Å²) in [6, 6.07) is 2.17. The Kier molecular flexibility index (Phi) is 5.44. The van der Waals surface area contributed by atoms with Crippen molar-refractivity contribution in [1.29, 1.82) is 5.26 Å². The Bertz CT molecular complexity index is 897. The molecular weight excluding hydrogens is 375 g/mol. The van der Waals surface area contributed by atoms with Crippen LogP contribution in [0.5, 0.6) is 0 Å². The maximum absolute atomic E-state index is 14.7. The van der Waals surface area contributed by atoms with Crippen LogP contribution in [0.25, 0.3) is 0 Å². The van der Waals surface area contributed by atoms with Gasteiger partial charge in [-0.2, -0.15) is 18.4 Å². The molecule has 2 N–H and O–H groups in total. The van der Waals surface area contributed by atoms with Crippen LogP contribution in [0.15, 0.2) is 34.9 Å². The van der Waals surface area contributed by atoms with Crippen molar-refractivity contribution >= 4 is 5.97 Å². The van der Waals surface area contributed by atoms with Gasteiger partial charge >= 0.3 is 12.1 Å². The van der Waals surface area contributed by atoms with Gasteiger partial charge in [-0.15, -0.1) is 0 Å². The maximum Gasteiger partial charge on any atom is 0.419 e. The van der Waals surface area contributed by atoms with E-state index in [9.17, 15) is 32.0 Å². The van der Waals surface area contributed by atoms with Gasteiger partial charge in [0.25, 0.3) is 0 Å². The first-order chi connectivity index (χ1) is 12.5. The highest BCUT2D eigenvalue weighted by molar-refractivity contribution is 5.92. The number of nitriles is 1. The smallest absolute Gasteiger partial charge is 0.419 e. The second-order valence-electron chi connectivity index (χ2n) is 5.44. The van der Waals surface area contributed by atoms with Gasteiger partial charge < -0.3 is 15.2 Å². The van der Waals surface area contributed by atoms with Gasteiger partial charge in [0.2, 0.25) is 5.88 Å². The van der Waals surface area contributed by atoms with Crippen molar-refractivity contribution in [2.24, 2.45) is 5.73 Å². The van der Waals surface area contributed by atoms with Crippen molar-refractivity contribution < 1.29 is 36.2 Å². The van der Waals surface area contributed by atoms with Crippen LogP contribution in [0, 0.1) is 23.0 Å². The Hall–Kier alpha value is -3.09. The number of halogens is 5. The number of esters is 1. The van der Waals surface area contributed by atoms with Crippen LogP contribution >= 0.6 is 0 Å². The van der Waals surface area contributed by atoms with E-state index >= 15 is 0 Å². The lowest BCUT2D eigenvalue weighted by Gasteiger charge is -2.27. The minimum Gasteiger partial charge on any atom is -0.463 e. The van der Waals surface area contributed by atoms with E-state index in [2.05, 4.69) is 0 Å². The molecule has 0 aromatic heterocycles. The molecule has 10 heteroatoms. The molecule has 0 saturated carbocycles. The molecule has 0 spiro atoms. The van der Waals surface area contributed by atoms with Crippen molar-refractivity contribution in [2.75, 3.05) is 6.61 Å². The molecule has 1 aliphatic heterocycles. The highest BCUT2D eigenvalue weighted by Gasteiger charge is 2.43. The highest BCUT2D eigenvalue weighted by atomic mass is 19.4. The minimum atomic E-state index is -5.12. The van der Waals surface area contributed by atoms with Gasteiger partial charge in [0.05, 0.1) is 23.7 Å². The summed E-state index contributed by atoms with van der Waals surface area (Å²) < 4.78 is 78.0. The van der Waals surface area contributed by atoms with Crippen molar-refractivity contribution in [3.8, 4) is 6.07 Å². The predicted molar refractivity (Wildman–Crippen MR) is 81.3 cm³/mol. The molecule has 0 bridgehead atoms. The van der Waals surface area contributed by atoms with E-state index in [1.165, 1.54) is 19.9 Å². The standard InChI is InChI=1S/C17H13F5N2O3/c1-3-26-16(25)11-7(2)27-15(24)8(6-23)12(11)13-10(18)5-4-9(14(13)19)17(20,21)22/h4-5,12H,3,24H2,1-2H3. The van der Waals surface area contributed by atoms with Crippen LogP contribution in [0.2, 0.25) is 0 Å². The van der Waals surface area contributed by atoms with Crippen molar-refractivity contribution in [3.05, 3.63) is 57.7 Å². The Labute approximate surface area is 150 Å². The van der Waals surface area contributed by atoms with Gasteiger partial charge in [0.15, 0.2) is 0 Å². The van der Waals surface area contributed by atoms with Gasteiger partial charge in [-0.25, -0.2) is 13.6 Å². The monoisotopic (exact) mass is 388 g/mol. The topological polar surface area (TPSA) is 85.3 Å². The first kappa shape index (κ1) is 20.2. The van der Waals surface area contributed by atoms with Crippen LogP contribution in [0.3, 0.4) is 0 Å². The maximum atomic E-state index is 14.7. The molecule has 2 rings (SSSR count). The SMILES string of the molecule is CCOC(=O)C1=C(C)OC(N)=C(C#N)C1c1c(F)ccc(C(F)(F)F)c1F. The largest absolute Gasteiger partial charge is 0.463 e. The fraction of sp³-hybridized carbons (Fsp3) is 0.294. The van der Waals surface area contributed by atoms with E-state index in [4.69, 9.17) is 15.2 Å². The van der Waals surface area contributed by atoms with Crippen LogP contribution in [-0.2, 0) is 20.4 Å². The number of nitrogens with zero attached hydrogens (tertiary/aromatic N) is 1. The third-order valence-corrected chi connectivity index (χ3v) is 3.82. The van der Waals surface area contributed by atoms with E-state index in [1.807, 2.05) is 0 Å². The second-order valence-corrected chi connectivity index (χ2v) is 5.44. The average Bonchev–Trinajstić information content (AvgIpc) is 2.53. The van der Waals surface area contributed by atoms with E-state index in [0.717, 1.165) is 0 Å². The molecule has 144 valence electrons. The third-order valence-electron chi connectivity index (χ3n) is 3.82. The summed E-state index contributed by atoms with van der Waals surface area (Å²) in [5, 5.41) is 9.31. The Morgan fingerprint density at radius 2 is 2.00 bits per heavy atom. The highest BCUT2D eigenvalue weighted by Crippen LogP contribution is 2.44. The fourth-order valence-corrected chi connectivity index (χ4v) is 2.70. The lowest BCUT2D eigenvalue weighted by molar-refractivity contribution is -0.140. The van der Waals surface area contributed by atoms with Gasteiger partial charge in [-0.3, -0.25) is 0 Å². The van der Waals surface area contributed by atoms with Crippen molar-refractivity contribution in [1.82, 2.24) is 0 Å². The molecular formula is C17H13F5N2O3. The number of ether oxygens (including phenoxy) is 2. The molecule has 1 aliphatic rings. The number of rotatable bonds is 3. The molecule has 1 unspecified atom stereocenters. The summed E-state index contributed by atoms with van der Waals surface area (Å²) >= 11 is 0. The molecule has 0 amide bonds. The molecule has 1 aromatic rings. The van der Waals surface area contributed by atoms with E-state index in [0.29, 0.717) is 6.07 Å². The number of carbonyl (C=O) groups is 1. The number of alkyl halides is 3. The zero-order valence-corrected chi connectivity index (χ0v) is 14.1. The zero-order chi connectivity index (χ0) is 20.5. The summed E-state index contributed by atoms with van der Waals surface area (Å²) in [5.41, 5.74) is 1.53. The van der Waals surface area contributed by atoms with E-state index < -0.39 is 57.9 Å². The minimum absolute atomic E-state index is 0.128. The summed E-state index contributed by atoms with van der Waals surface area (Å²) in [5.74, 6) is -7.12. The van der Waals surface area contributed by atoms with Gasteiger partial charge in [0.1, 0.15) is 29.0 Å². The van der Waals surface area contributed by atoms with E-state index in [-0.39, 0.29) is 18.4 Å². The molecule has 5 nitrogen and oxygen atoms in total. The predicted octanol–water partition coefficient (Wildman–Crippen LogP) is 3.63. The lowest BCUT2D eigenvalue weighted by Crippen LogP contribution is -2.27. The molecule has 1 aromatic carbocycles. The summed E-state index contributed by atoms with van der Waals surface area (Å²) in [6.45, 7) is 2.54. The summed E-state index contributed by atoms with van der Waals surface area (Å²) in [4.78, 5) is 12.3. The number of hydrogen-bond donors (Lipinski definition) is 1. The molecule has 0 saturated heterocycles. The summed E-state index contributed by atoms with van der Waals surface area (Å²) in [7, 11) is 0.